The van der Waals surface area contributed by atoms with Gasteiger partial charge in [-0.3, -0.25) is 9.59 Å². The highest BCUT2D eigenvalue weighted by Crippen LogP contribution is 2.21. The van der Waals surface area contributed by atoms with Crippen molar-refractivity contribution in [2.45, 2.75) is 19.3 Å². The maximum Gasteiger partial charge on any atom is 0.255 e. The SMILES string of the molecule is O=C(Nc1ccccc1)c1ccc(N2CCCCC2=O)cc1. The van der Waals surface area contributed by atoms with E-state index >= 15 is 0 Å². The van der Waals surface area contributed by atoms with E-state index in [2.05, 4.69) is 5.32 Å². The van der Waals surface area contributed by atoms with Gasteiger partial charge in [0.2, 0.25) is 5.91 Å². The average molecular weight is 294 g/mol. The summed E-state index contributed by atoms with van der Waals surface area (Å²) in [6.07, 6.45) is 2.60. The molecular weight excluding hydrogens is 276 g/mol. The van der Waals surface area contributed by atoms with Gasteiger partial charge >= 0.3 is 0 Å². The van der Waals surface area contributed by atoms with Gasteiger partial charge in [0.25, 0.3) is 5.91 Å². The Hall–Kier alpha value is -2.62. The lowest BCUT2D eigenvalue weighted by atomic mass is 10.1. The predicted molar refractivity (Wildman–Crippen MR) is 87.0 cm³/mol. The van der Waals surface area contributed by atoms with Gasteiger partial charge in [0.1, 0.15) is 0 Å². The molecule has 1 heterocycles. The molecule has 0 aromatic heterocycles. The Morgan fingerprint density at radius 2 is 1.68 bits per heavy atom. The number of amides is 2. The van der Waals surface area contributed by atoms with Crippen LogP contribution in [0.2, 0.25) is 0 Å². The lowest BCUT2D eigenvalue weighted by Gasteiger charge is -2.26. The molecule has 1 aliphatic heterocycles. The van der Waals surface area contributed by atoms with Crippen LogP contribution < -0.4 is 10.2 Å². The maximum atomic E-state index is 12.2. The summed E-state index contributed by atoms with van der Waals surface area (Å²) in [5, 5.41) is 2.85. The summed E-state index contributed by atoms with van der Waals surface area (Å²) in [5.74, 6) is 0.00968. The lowest BCUT2D eigenvalue weighted by Crippen LogP contribution is -2.35. The molecule has 0 radical (unpaired) electrons. The Kier molecular flexibility index (Phi) is 4.19. The molecule has 4 nitrogen and oxygen atoms in total. The first kappa shape index (κ1) is 14.3. The molecule has 0 unspecified atom stereocenters. The van der Waals surface area contributed by atoms with E-state index in [1.165, 1.54) is 0 Å². The van der Waals surface area contributed by atoms with E-state index in [1.54, 1.807) is 17.0 Å². The molecule has 1 fully saturated rings. The normalized spacial score (nSPS) is 14.7. The largest absolute Gasteiger partial charge is 0.322 e. The summed E-state index contributed by atoms with van der Waals surface area (Å²) in [5.41, 5.74) is 2.21. The monoisotopic (exact) mass is 294 g/mol. The molecule has 0 aliphatic carbocycles. The van der Waals surface area contributed by atoms with E-state index in [0.717, 1.165) is 30.8 Å². The third-order valence-electron chi connectivity index (χ3n) is 3.80. The number of benzene rings is 2. The van der Waals surface area contributed by atoms with Crippen LogP contribution in [-0.4, -0.2) is 18.4 Å². The zero-order valence-electron chi connectivity index (χ0n) is 12.3. The number of hydrogen-bond donors (Lipinski definition) is 1. The molecule has 0 spiro atoms. The molecule has 0 atom stereocenters. The van der Waals surface area contributed by atoms with Crippen LogP contribution in [0.15, 0.2) is 54.6 Å². The Balaban J connectivity index is 1.71. The van der Waals surface area contributed by atoms with Crippen LogP contribution in [0.1, 0.15) is 29.6 Å². The van der Waals surface area contributed by atoms with Crippen molar-refractivity contribution < 1.29 is 9.59 Å². The number of nitrogens with zero attached hydrogens (tertiary/aromatic N) is 1. The Bertz CT molecular complexity index is 665. The molecule has 2 amide bonds. The molecule has 1 N–H and O–H groups in total. The molecule has 4 heteroatoms. The second-order valence-corrected chi connectivity index (χ2v) is 5.37. The fourth-order valence-electron chi connectivity index (χ4n) is 2.60. The van der Waals surface area contributed by atoms with Crippen molar-refractivity contribution in [3.8, 4) is 0 Å². The highest BCUT2D eigenvalue weighted by molar-refractivity contribution is 6.04. The summed E-state index contributed by atoms with van der Waals surface area (Å²) in [6, 6.07) is 16.5. The predicted octanol–water partition coefficient (Wildman–Crippen LogP) is 3.46. The van der Waals surface area contributed by atoms with Gasteiger partial charge < -0.3 is 10.2 Å². The van der Waals surface area contributed by atoms with E-state index < -0.39 is 0 Å². The summed E-state index contributed by atoms with van der Waals surface area (Å²) in [4.78, 5) is 25.9. The van der Waals surface area contributed by atoms with Gasteiger partial charge in [0.05, 0.1) is 0 Å². The van der Waals surface area contributed by atoms with Gasteiger partial charge in [0.15, 0.2) is 0 Å². The first-order chi connectivity index (χ1) is 10.7. The minimum absolute atomic E-state index is 0.150. The lowest BCUT2D eigenvalue weighted by molar-refractivity contribution is -0.119. The molecule has 1 saturated heterocycles. The molecular formula is C18H18N2O2. The molecule has 3 rings (SSSR count). The highest BCUT2D eigenvalue weighted by atomic mass is 16.2. The summed E-state index contributed by atoms with van der Waals surface area (Å²) >= 11 is 0. The van der Waals surface area contributed by atoms with Crippen molar-refractivity contribution in [3.05, 3.63) is 60.2 Å². The number of nitrogens with one attached hydrogen (secondary N) is 1. The molecule has 1 aliphatic rings. The first-order valence-corrected chi connectivity index (χ1v) is 7.51. The summed E-state index contributed by atoms with van der Waals surface area (Å²) in [7, 11) is 0. The second-order valence-electron chi connectivity index (χ2n) is 5.37. The van der Waals surface area contributed by atoms with Crippen molar-refractivity contribution in [2.24, 2.45) is 0 Å². The van der Waals surface area contributed by atoms with Crippen molar-refractivity contribution in [1.82, 2.24) is 0 Å². The highest BCUT2D eigenvalue weighted by Gasteiger charge is 2.19. The quantitative estimate of drug-likeness (QED) is 0.942. The standard InChI is InChI=1S/C18H18N2O2/c21-17-8-4-5-13-20(17)16-11-9-14(10-12-16)18(22)19-15-6-2-1-3-7-15/h1-3,6-7,9-12H,4-5,8,13H2,(H,19,22). The van der Waals surface area contributed by atoms with E-state index in [9.17, 15) is 9.59 Å². The first-order valence-electron chi connectivity index (χ1n) is 7.51. The van der Waals surface area contributed by atoms with Crippen LogP contribution in [0.25, 0.3) is 0 Å². The Labute approximate surface area is 129 Å². The number of hydrogen-bond acceptors (Lipinski definition) is 2. The van der Waals surface area contributed by atoms with Crippen molar-refractivity contribution in [1.29, 1.82) is 0 Å². The Morgan fingerprint density at radius 3 is 2.36 bits per heavy atom. The summed E-state index contributed by atoms with van der Waals surface area (Å²) in [6.45, 7) is 0.758. The minimum atomic E-state index is -0.150. The van der Waals surface area contributed by atoms with Gasteiger partial charge in [-0.1, -0.05) is 18.2 Å². The van der Waals surface area contributed by atoms with Gasteiger partial charge in [-0.2, -0.15) is 0 Å². The number of anilines is 2. The van der Waals surface area contributed by atoms with Gasteiger partial charge in [-0.25, -0.2) is 0 Å². The molecule has 0 saturated carbocycles. The summed E-state index contributed by atoms with van der Waals surface area (Å²) < 4.78 is 0. The van der Waals surface area contributed by atoms with Crippen LogP contribution in [0.4, 0.5) is 11.4 Å². The van der Waals surface area contributed by atoms with Crippen LogP contribution >= 0.6 is 0 Å². The molecule has 2 aromatic carbocycles. The zero-order valence-corrected chi connectivity index (χ0v) is 12.3. The van der Waals surface area contributed by atoms with Gasteiger partial charge in [-0.15, -0.1) is 0 Å². The van der Waals surface area contributed by atoms with Crippen LogP contribution in [0, 0.1) is 0 Å². The van der Waals surface area contributed by atoms with E-state index in [4.69, 9.17) is 0 Å². The molecule has 2 aromatic rings. The average Bonchev–Trinajstić information content (AvgIpc) is 2.56. The number of carbonyl (C=O) groups is 2. The Morgan fingerprint density at radius 1 is 0.955 bits per heavy atom. The molecule has 0 bridgehead atoms. The maximum absolute atomic E-state index is 12.2. The van der Waals surface area contributed by atoms with Crippen LogP contribution in [-0.2, 0) is 4.79 Å². The van der Waals surface area contributed by atoms with Crippen LogP contribution in [0.3, 0.4) is 0 Å². The second kappa shape index (κ2) is 6.43. The van der Waals surface area contributed by atoms with Gasteiger partial charge in [-0.05, 0) is 49.2 Å². The topological polar surface area (TPSA) is 49.4 Å². The fourth-order valence-corrected chi connectivity index (χ4v) is 2.60. The van der Waals surface area contributed by atoms with Crippen molar-refractivity contribution >= 4 is 23.2 Å². The van der Waals surface area contributed by atoms with E-state index in [-0.39, 0.29) is 11.8 Å². The number of piperidine rings is 1. The third-order valence-corrected chi connectivity index (χ3v) is 3.80. The minimum Gasteiger partial charge on any atom is -0.322 e. The van der Waals surface area contributed by atoms with Crippen LogP contribution in [0.5, 0.6) is 0 Å². The van der Waals surface area contributed by atoms with Crippen molar-refractivity contribution in [2.75, 3.05) is 16.8 Å². The number of rotatable bonds is 3. The van der Waals surface area contributed by atoms with E-state index in [1.807, 2.05) is 42.5 Å². The van der Waals surface area contributed by atoms with Gasteiger partial charge in [0, 0.05) is 29.9 Å². The molecule has 112 valence electrons. The number of para-hydroxylation sites is 1. The fraction of sp³-hybridized carbons (Fsp3) is 0.222. The van der Waals surface area contributed by atoms with Crippen molar-refractivity contribution in [3.63, 3.8) is 0 Å². The van der Waals surface area contributed by atoms with E-state index in [0.29, 0.717) is 12.0 Å². The zero-order chi connectivity index (χ0) is 15.4. The molecule has 22 heavy (non-hydrogen) atoms. The third kappa shape index (κ3) is 3.17. The number of carbonyl (C=O) groups excluding carboxylic acids is 2. The smallest absolute Gasteiger partial charge is 0.255 e.